The molecule has 0 aromatic carbocycles. The maximum absolute atomic E-state index is 10.6. The van der Waals surface area contributed by atoms with Crippen LogP contribution in [-0.4, -0.2) is 51.3 Å². The Bertz CT molecular complexity index is 1530. The van der Waals surface area contributed by atoms with Gasteiger partial charge in [-0.2, -0.15) is 8.42 Å². The Kier molecular flexibility index (Phi) is 26.0. The summed E-state index contributed by atoms with van der Waals surface area (Å²) >= 11 is 16.0. The molecule has 3 aromatic heterocycles. The Balaban J connectivity index is -0.000000125. The minimum absolute atomic E-state index is 0. The first-order chi connectivity index (χ1) is 16.3. The van der Waals surface area contributed by atoms with E-state index in [1.165, 1.54) is 24.7 Å². The molecule has 0 saturated heterocycles. The van der Waals surface area contributed by atoms with Gasteiger partial charge in [-0.05, 0) is 6.07 Å². The van der Waals surface area contributed by atoms with Gasteiger partial charge in [-0.3, -0.25) is 14.4 Å². The normalized spacial score (nSPS) is 8.87. The Morgan fingerprint density at radius 1 is 0.816 bits per heavy atom. The molecule has 0 aliphatic carbocycles. The third-order valence-corrected chi connectivity index (χ3v) is 3.52. The summed E-state index contributed by atoms with van der Waals surface area (Å²) in [5, 5.41) is 26.1. The van der Waals surface area contributed by atoms with Gasteiger partial charge in [-0.1, -0.05) is 34.8 Å². The summed E-state index contributed by atoms with van der Waals surface area (Å²) in [6.45, 7) is 0. The molecule has 6 N–H and O–H groups in total. The molecular weight excluding hydrogens is 742 g/mol. The van der Waals surface area contributed by atoms with Crippen LogP contribution in [0.3, 0.4) is 0 Å². The number of aromatic amines is 3. The van der Waals surface area contributed by atoms with Crippen molar-refractivity contribution in [3.63, 3.8) is 0 Å². The van der Waals surface area contributed by atoms with E-state index in [0.29, 0.717) is 0 Å². The molecule has 14 nitrogen and oxygen atoms in total. The fraction of sp³-hybridized carbons (Fsp3) is 0. The standard InChI is InChI=1S/C5H3Cl2NO2.C5H4ClNO2.C5H5NO2.BrH.Cl2O2S.Na.O3S.H/c6-2-1-8-5(10)3(7)4(2)9;6-3-2-7-5(9)1-4(3)8;7-4-1-2-6-5(8)3-4;;1-5(2,3)4;;1-4(2)3;/h1H,(H2,8,9,10);1-2H,(H2,7,8,9);1-3H,(H2,6,7,8);1H;;;;/q;;;;;+1;;-1. The summed E-state index contributed by atoms with van der Waals surface area (Å²) in [5.74, 6) is -0.582. The van der Waals surface area contributed by atoms with Crippen LogP contribution in [0.2, 0.25) is 15.1 Å². The van der Waals surface area contributed by atoms with Gasteiger partial charge in [-0.25, -0.2) is 0 Å². The van der Waals surface area contributed by atoms with Gasteiger partial charge in [0, 0.05) is 52.1 Å². The van der Waals surface area contributed by atoms with E-state index < -0.39 is 24.4 Å². The van der Waals surface area contributed by atoms with E-state index in [4.69, 9.17) is 71.2 Å². The predicted octanol–water partition coefficient (Wildman–Crippen LogP) is -0.399. The summed E-state index contributed by atoms with van der Waals surface area (Å²) in [5.41, 5.74) is -1.20. The number of H-pyrrole nitrogens is 3. The summed E-state index contributed by atoms with van der Waals surface area (Å²) in [6.07, 6.45) is 3.79. The predicted molar refractivity (Wildman–Crippen MR) is 143 cm³/mol. The number of nitrogens with one attached hydrogen (secondary N) is 3. The van der Waals surface area contributed by atoms with Crippen LogP contribution in [0.15, 0.2) is 51.2 Å². The molecule has 3 heterocycles. The fourth-order valence-electron chi connectivity index (χ4n) is 1.35. The zero-order valence-corrected chi connectivity index (χ0v) is 27.3. The van der Waals surface area contributed by atoms with Crippen LogP contribution >= 0.6 is 73.1 Å². The van der Waals surface area contributed by atoms with Crippen molar-refractivity contribution in [3.05, 3.63) is 82.9 Å². The average molecular weight is 757 g/mol. The monoisotopic (exact) mass is 753 g/mol. The quantitative estimate of drug-likeness (QED) is 0.127. The van der Waals surface area contributed by atoms with Gasteiger partial charge in [0.15, 0.2) is 5.75 Å². The summed E-state index contributed by atoms with van der Waals surface area (Å²) in [4.78, 5) is 38.1. The maximum Gasteiger partial charge on any atom is 1.00 e. The summed E-state index contributed by atoms with van der Waals surface area (Å²) in [6, 6.07) is 3.53. The molecule has 0 bridgehead atoms. The Hall–Kier alpha value is -1.25. The number of pyridine rings is 3. The maximum atomic E-state index is 10.6. The number of halogens is 6. The van der Waals surface area contributed by atoms with Crippen molar-refractivity contribution in [2.75, 3.05) is 0 Å². The van der Waals surface area contributed by atoms with Crippen molar-refractivity contribution in [1.29, 1.82) is 0 Å². The number of aromatic nitrogens is 3. The molecule has 0 unspecified atom stereocenters. The van der Waals surface area contributed by atoms with E-state index >= 15 is 0 Å². The van der Waals surface area contributed by atoms with Crippen LogP contribution in [0, 0.1) is 0 Å². The van der Waals surface area contributed by atoms with Crippen molar-refractivity contribution < 1.29 is 67.3 Å². The van der Waals surface area contributed by atoms with Crippen molar-refractivity contribution >= 4 is 92.0 Å². The minimum Gasteiger partial charge on any atom is -1.00 e. The molecule has 0 fully saturated rings. The zero-order chi connectivity index (χ0) is 28.6. The van der Waals surface area contributed by atoms with Crippen molar-refractivity contribution in [2.45, 2.75) is 0 Å². The molecule has 210 valence electrons. The SMILES string of the molecule is Br.O=S(=O)(Cl)Cl.O=S(=O)=O.O=c1[nH]cc(Cl)c(O)c1Cl.O=c1cc(O)c(Cl)c[nH]1.O=c1cc(O)cc[nH]1.[H-].[Na+]. The topological polar surface area (TPSA) is 245 Å². The molecule has 0 aliphatic rings. The zero-order valence-electron chi connectivity index (χ0n) is 19.2. The molecule has 0 saturated carbocycles. The first kappa shape index (κ1) is 43.8. The van der Waals surface area contributed by atoms with Crippen LogP contribution in [0.1, 0.15) is 1.43 Å². The van der Waals surface area contributed by atoms with Gasteiger partial charge >= 0.3 is 48.4 Å². The Morgan fingerprint density at radius 2 is 1.24 bits per heavy atom. The molecule has 3 aromatic rings. The largest absolute Gasteiger partial charge is 1.00 e. The summed E-state index contributed by atoms with van der Waals surface area (Å²) in [7, 11) is 1.70. The number of hydrogen-bond donors (Lipinski definition) is 6. The molecule has 3 rings (SSSR count). The van der Waals surface area contributed by atoms with Crippen molar-refractivity contribution in [3.8, 4) is 17.2 Å². The van der Waals surface area contributed by atoms with E-state index in [1.807, 2.05) is 0 Å². The Labute approximate surface area is 272 Å². The molecule has 38 heavy (non-hydrogen) atoms. The van der Waals surface area contributed by atoms with E-state index in [1.54, 1.807) is 0 Å². The van der Waals surface area contributed by atoms with Crippen LogP contribution in [0.5, 0.6) is 17.2 Å². The molecule has 0 radical (unpaired) electrons. The van der Waals surface area contributed by atoms with Gasteiger partial charge in [0.2, 0.25) is 0 Å². The van der Waals surface area contributed by atoms with Gasteiger partial charge in [-0.15, -0.1) is 29.6 Å². The average Bonchev–Trinajstić information content (AvgIpc) is 2.71. The first-order valence-electron chi connectivity index (χ1n) is 7.96. The van der Waals surface area contributed by atoms with Gasteiger partial charge in [0.05, 0.1) is 5.02 Å². The summed E-state index contributed by atoms with van der Waals surface area (Å²) < 4.78 is 43.7. The van der Waals surface area contributed by atoms with Crippen molar-refractivity contribution in [1.82, 2.24) is 15.0 Å². The number of rotatable bonds is 0. The molecule has 0 amide bonds. The smallest absolute Gasteiger partial charge is 1.00 e. The third-order valence-electron chi connectivity index (χ3n) is 2.58. The van der Waals surface area contributed by atoms with Crippen LogP contribution in [-0.2, 0) is 18.9 Å². The number of aromatic hydroxyl groups is 3. The number of hydrogen-bond acceptors (Lipinski definition) is 11. The molecule has 0 atom stereocenters. The Morgan fingerprint density at radius 3 is 1.55 bits per heavy atom. The van der Waals surface area contributed by atoms with Crippen LogP contribution in [0.25, 0.3) is 0 Å². The molecule has 0 aliphatic heterocycles. The van der Waals surface area contributed by atoms with Gasteiger partial charge in [0.1, 0.15) is 21.5 Å². The molecule has 0 spiro atoms. The molecule has 23 heteroatoms. The van der Waals surface area contributed by atoms with E-state index in [0.717, 1.165) is 12.1 Å². The van der Waals surface area contributed by atoms with Crippen LogP contribution in [0.4, 0.5) is 0 Å². The second-order valence-corrected chi connectivity index (χ2v) is 10.4. The third kappa shape index (κ3) is 26.4. The second-order valence-electron chi connectivity index (χ2n) is 5.15. The van der Waals surface area contributed by atoms with E-state index in [-0.39, 0.29) is 91.4 Å². The van der Waals surface area contributed by atoms with E-state index in [9.17, 15) is 14.4 Å². The van der Waals surface area contributed by atoms with Crippen LogP contribution < -0.4 is 46.2 Å². The minimum atomic E-state index is -3.72. The van der Waals surface area contributed by atoms with E-state index in [2.05, 4.69) is 36.3 Å². The van der Waals surface area contributed by atoms with Crippen molar-refractivity contribution in [2.24, 2.45) is 0 Å². The fourth-order valence-corrected chi connectivity index (χ4v) is 1.81. The van der Waals surface area contributed by atoms with Gasteiger partial charge in [0.25, 0.3) is 16.7 Å². The second kappa shape index (κ2) is 22.6. The molecular formula is C15H14BrCl5N3NaO11S2. The van der Waals surface area contributed by atoms with Gasteiger partial charge < -0.3 is 31.7 Å². The first-order valence-corrected chi connectivity index (χ1v) is 13.2.